The van der Waals surface area contributed by atoms with Crippen LogP contribution in [-0.4, -0.2) is 5.11 Å². The first kappa shape index (κ1) is 16.6. The number of hydrogen-bond acceptors (Lipinski definition) is 1. The minimum atomic E-state index is 0.348. The molecule has 0 fully saturated rings. The van der Waals surface area contributed by atoms with E-state index in [0.29, 0.717) is 11.7 Å². The zero-order valence-corrected chi connectivity index (χ0v) is 13.9. The van der Waals surface area contributed by atoms with Gasteiger partial charge in [-0.15, -0.1) is 0 Å². The summed E-state index contributed by atoms with van der Waals surface area (Å²) in [5.74, 6) is 1.02. The number of unbranched alkanes of at least 4 members (excludes halogenated alkanes) is 1. The Hall–Kier alpha value is -1.76. The fourth-order valence-corrected chi connectivity index (χ4v) is 2.87. The number of aryl methyl sites for hydroxylation is 2. The van der Waals surface area contributed by atoms with E-state index >= 15 is 0 Å². The SMILES string of the molecule is CCCCc1cccc(CC(C)CCc2ccc(O)cc2)c1. The van der Waals surface area contributed by atoms with Crippen molar-refractivity contribution in [2.24, 2.45) is 5.92 Å². The second-order valence-corrected chi connectivity index (χ2v) is 6.44. The Labute approximate surface area is 135 Å². The Morgan fingerprint density at radius 1 is 0.909 bits per heavy atom. The molecule has 0 bridgehead atoms. The summed E-state index contributed by atoms with van der Waals surface area (Å²) in [6.45, 7) is 4.58. The molecule has 1 N–H and O–H groups in total. The van der Waals surface area contributed by atoms with Gasteiger partial charge >= 0.3 is 0 Å². The molecule has 2 aromatic carbocycles. The largest absolute Gasteiger partial charge is 0.508 e. The van der Waals surface area contributed by atoms with Crippen LogP contribution in [0.3, 0.4) is 0 Å². The van der Waals surface area contributed by atoms with Crippen molar-refractivity contribution in [1.82, 2.24) is 0 Å². The van der Waals surface area contributed by atoms with E-state index in [1.54, 1.807) is 12.1 Å². The first-order valence-electron chi connectivity index (χ1n) is 8.53. The van der Waals surface area contributed by atoms with E-state index in [9.17, 15) is 5.11 Å². The molecule has 0 heterocycles. The molecule has 0 spiro atoms. The predicted molar refractivity (Wildman–Crippen MR) is 94.3 cm³/mol. The highest BCUT2D eigenvalue weighted by molar-refractivity contribution is 5.26. The molecule has 118 valence electrons. The van der Waals surface area contributed by atoms with Gasteiger partial charge in [0.15, 0.2) is 0 Å². The Kier molecular flexibility index (Phi) is 6.51. The number of hydrogen-bond donors (Lipinski definition) is 1. The van der Waals surface area contributed by atoms with Gasteiger partial charge in [0, 0.05) is 0 Å². The van der Waals surface area contributed by atoms with Crippen molar-refractivity contribution in [1.29, 1.82) is 0 Å². The van der Waals surface area contributed by atoms with Crippen molar-refractivity contribution >= 4 is 0 Å². The maximum absolute atomic E-state index is 9.32. The van der Waals surface area contributed by atoms with Crippen LogP contribution in [0.1, 0.15) is 49.8 Å². The molecule has 1 unspecified atom stereocenters. The summed E-state index contributed by atoms with van der Waals surface area (Å²) in [6, 6.07) is 16.7. The van der Waals surface area contributed by atoms with Crippen LogP contribution in [0.2, 0.25) is 0 Å². The Bertz CT molecular complexity index is 556. The van der Waals surface area contributed by atoms with E-state index in [2.05, 4.69) is 38.1 Å². The second kappa shape index (κ2) is 8.63. The van der Waals surface area contributed by atoms with Crippen LogP contribution in [0.4, 0.5) is 0 Å². The highest BCUT2D eigenvalue weighted by atomic mass is 16.3. The van der Waals surface area contributed by atoms with Gasteiger partial charge in [-0.1, -0.05) is 56.7 Å². The van der Waals surface area contributed by atoms with Crippen molar-refractivity contribution in [2.75, 3.05) is 0 Å². The molecule has 0 amide bonds. The molecule has 0 aliphatic heterocycles. The highest BCUT2D eigenvalue weighted by Crippen LogP contribution is 2.18. The lowest BCUT2D eigenvalue weighted by molar-refractivity contribution is 0.474. The first-order chi connectivity index (χ1) is 10.7. The topological polar surface area (TPSA) is 20.2 Å². The van der Waals surface area contributed by atoms with Gasteiger partial charge < -0.3 is 5.11 Å². The van der Waals surface area contributed by atoms with Crippen LogP contribution in [0.15, 0.2) is 48.5 Å². The summed E-state index contributed by atoms with van der Waals surface area (Å²) in [7, 11) is 0. The van der Waals surface area contributed by atoms with Crippen LogP contribution in [-0.2, 0) is 19.3 Å². The second-order valence-electron chi connectivity index (χ2n) is 6.44. The van der Waals surface area contributed by atoms with Gasteiger partial charge in [-0.2, -0.15) is 0 Å². The van der Waals surface area contributed by atoms with Crippen LogP contribution >= 0.6 is 0 Å². The summed E-state index contributed by atoms with van der Waals surface area (Å²) in [5, 5.41) is 9.32. The fraction of sp³-hybridized carbons (Fsp3) is 0.429. The molecule has 0 radical (unpaired) electrons. The summed E-state index contributed by atoms with van der Waals surface area (Å²) in [6.07, 6.45) is 7.15. The third-order valence-corrected chi connectivity index (χ3v) is 4.26. The normalized spacial score (nSPS) is 12.3. The summed E-state index contributed by atoms with van der Waals surface area (Å²) in [5.41, 5.74) is 4.25. The van der Waals surface area contributed by atoms with Crippen LogP contribution in [0.25, 0.3) is 0 Å². The molecule has 1 heteroatoms. The van der Waals surface area contributed by atoms with Crippen molar-refractivity contribution in [3.8, 4) is 5.75 Å². The zero-order chi connectivity index (χ0) is 15.8. The standard InChI is InChI=1S/C21H28O/c1-3-4-6-19-7-5-8-20(16-19)15-17(2)9-10-18-11-13-21(22)14-12-18/h5,7-8,11-14,16-17,22H,3-4,6,9-10,15H2,1-2H3. The van der Waals surface area contributed by atoms with E-state index in [1.807, 2.05) is 12.1 Å². The van der Waals surface area contributed by atoms with Gasteiger partial charge in [0.25, 0.3) is 0 Å². The van der Waals surface area contributed by atoms with Gasteiger partial charge in [-0.3, -0.25) is 0 Å². The molecule has 0 aliphatic carbocycles. The monoisotopic (exact) mass is 296 g/mol. The van der Waals surface area contributed by atoms with Crippen LogP contribution in [0, 0.1) is 5.92 Å². The predicted octanol–water partition coefficient (Wildman–Crippen LogP) is 5.55. The average molecular weight is 296 g/mol. The quantitative estimate of drug-likeness (QED) is 0.677. The van der Waals surface area contributed by atoms with Crippen LogP contribution in [0.5, 0.6) is 5.75 Å². The Morgan fingerprint density at radius 3 is 2.36 bits per heavy atom. The van der Waals surface area contributed by atoms with Crippen molar-refractivity contribution < 1.29 is 5.11 Å². The van der Waals surface area contributed by atoms with Crippen LogP contribution < -0.4 is 0 Å². The molecule has 0 saturated carbocycles. The lowest BCUT2D eigenvalue weighted by Crippen LogP contribution is -2.02. The number of rotatable bonds is 8. The molecule has 0 saturated heterocycles. The molecule has 1 nitrogen and oxygen atoms in total. The lowest BCUT2D eigenvalue weighted by Gasteiger charge is -2.12. The third-order valence-electron chi connectivity index (χ3n) is 4.26. The Morgan fingerprint density at radius 2 is 1.64 bits per heavy atom. The van der Waals surface area contributed by atoms with Gasteiger partial charge in [0.05, 0.1) is 0 Å². The molecular formula is C21H28O. The smallest absolute Gasteiger partial charge is 0.115 e. The lowest BCUT2D eigenvalue weighted by atomic mass is 9.93. The molecule has 2 aromatic rings. The summed E-state index contributed by atoms with van der Waals surface area (Å²) < 4.78 is 0. The number of phenols is 1. The van der Waals surface area contributed by atoms with Gasteiger partial charge in [0.1, 0.15) is 5.75 Å². The van der Waals surface area contributed by atoms with Gasteiger partial charge in [-0.05, 0) is 66.8 Å². The van der Waals surface area contributed by atoms with E-state index < -0.39 is 0 Å². The van der Waals surface area contributed by atoms with Crippen molar-refractivity contribution in [2.45, 2.75) is 52.4 Å². The summed E-state index contributed by atoms with van der Waals surface area (Å²) >= 11 is 0. The minimum absolute atomic E-state index is 0.348. The molecule has 2 rings (SSSR count). The van der Waals surface area contributed by atoms with Crippen molar-refractivity contribution in [3.05, 3.63) is 65.2 Å². The minimum Gasteiger partial charge on any atom is -0.508 e. The number of aromatic hydroxyl groups is 1. The highest BCUT2D eigenvalue weighted by Gasteiger charge is 2.05. The number of benzene rings is 2. The molecule has 1 atom stereocenters. The maximum Gasteiger partial charge on any atom is 0.115 e. The zero-order valence-electron chi connectivity index (χ0n) is 13.9. The first-order valence-corrected chi connectivity index (χ1v) is 8.53. The summed E-state index contributed by atoms with van der Waals surface area (Å²) in [4.78, 5) is 0. The third kappa shape index (κ3) is 5.55. The maximum atomic E-state index is 9.32. The fourth-order valence-electron chi connectivity index (χ4n) is 2.87. The van der Waals surface area contributed by atoms with E-state index in [1.165, 1.54) is 42.4 Å². The molecule has 22 heavy (non-hydrogen) atoms. The number of phenolic OH excluding ortho intramolecular Hbond substituents is 1. The van der Waals surface area contributed by atoms with E-state index in [0.717, 1.165) is 12.8 Å². The average Bonchev–Trinajstić information content (AvgIpc) is 2.53. The molecule has 0 aliphatic rings. The van der Waals surface area contributed by atoms with E-state index in [-0.39, 0.29) is 0 Å². The van der Waals surface area contributed by atoms with Gasteiger partial charge in [0.2, 0.25) is 0 Å². The molecular weight excluding hydrogens is 268 g/mol. The Balaban J connectivity index is 1.83. The van der Waals surface area contributed by atoms with E-state index in [4.69, 9.17) is 0 Å². The molecule has 0 aromatic heterocycles. The van der Waals surface area contributed by atoms with Gasteiger partial charge in [-0.25, -0.2) is 0 Å². The van der Waals surface area contributed by atoms with Crippen molar-refractivity contribution in [3.63, 3.8) is 0 Å².